The van der Waals surface area contributed by atoms with E-state index in [2.05, 4.69) is 22.5 Å². The number of nitrogens with zero attached hydrogens (tertiary/aromatic N) is 1. The Kier molecular flexibility index (Phi) is 7.08. The van der Waals surface area contributed by atoms with Gasteiger partial charge in [0.05, 0.1) is 26.2 Å². The number of quaternary nitrogens is 1. The summed E-state index contributed by atoms with van der Waals surface area (Å²) < 4.78 is 0. The lowest BCUT2D eigenvalue weighted by Gasteiger charge is -2.34. The van der Waals surface area contributed by atoms with Crippen molar-refractivity contribution < 1.29 is 14.5 Å². The summed E-state index contributed by atoms with van der Waals surface area (Å²) in [5.74, 6) is -0.233. The summed E-state index contributed by atoms with van der Waals surface area (Å²) in [4.78, 5) is 27.2. The van der Waals surface area contributed by atoms with Crippen LogP contribution in [0.2, 0.25) is 5.02 Å². The van der Waals surface area contributed by atoms with Crippen molar-refractivity contribution in [2.24, 2.45) is 0 Å². The predicted octanol–water partition coefficient (Wildman–Crippen LogP) is 0.978. The molecule has 1 aromatic rings. The number of nitrogens with one attached hydrogen (secondary N) is 3. The molecule has 6 nitrogen and oxygen atoms in total. The van der Waals surface area contributed by atoms with Crippen LogP contribution in [0.5, 0.6) is 0 Å². The van der Waals surface area contributed by atoms with Crippen molar-refractivity contribution >= 4 is 29.2 Å². The Morgan fingerprint density at radius 3 is 2.64 bits per heavy atom. The number of hydrogen-bond donors (Lipinski definition) is 3. The number of carbonyl (C=O) groups is 2. The fourth-order valence-corrected chi connectivity index (χ4v) is 3.09. The van der Waals surface area contributed by atoms with Crippen LogP contribution in [0.15, 0.2) is 18.2 Å². The third kappa shape index (κ3) is 5.90. The topological polar surface area (TPSA) is 65.9 Å². The molecule has 1 aliphatic rings. The zero-order valence-corrected chi connectivity index (χ0v) is 15.9. The van der Waals surface area contributed by atoms with E-state index in [0.29, 0.717) is 6.54 Å². The number of rotatable bonds is 5. The Labute approximate surface area is 154 Å². The standard InChI is InChI=1S/C18H27ClN4O2/c1-4-14(3)20-18(25)21-17(24)12-22-7-9-23(10-8-22)16-11-15(19)6-5-13(16)2/h5-6,11,14H,4,7-10,12H2,1-3H3,(H2,20,21,24,25)/p+1/t14-/m0/s1. The molecular weight excluding hydrogens is 340 g/mol. The molecule has 1 aliphatic heterocycles. The van der Waals surface area contributed by atoms with Crippen LogP contribution < -0.4 is 20.4 Å². The van der Waals surface area contributed by atoms with Gasteiger partial charge in [-0.2, -0.15) is 0 Å². The zero-order valence-electron chi connectivity index (χ0n) is 15.2. The van der Waals surface area contributed by atoms with Gasteiger partial charge in [0, 0.05) is 16.8 Å². The lowest BCUT2D eigenvalue weighted by molar-refractivity contribution is -0.892. The number of urea groups is 1. The first kappa shape index (κ1) is 19.5. The van der Waals surface area contributed by atoms with E-state index in [0.717, 1.165) is 43.3 Å². The molecule has 2 rings (SSSR count). The van der Waals surface area contributed by atoms with E-state index in [1.807, 2.05) is 32.0 Å². The number of amides is 3. The van der Waals surface area contributed by atoms with Crippen molar-refractivity contribution in [2.75, 3.05) is 37.6 Å². The third-order valence-corrected chi connectivity index (χ3v) is 4.87. The summed E-state index contributed by atoms with van der Waals surface area (Å²) in [5, 5.41) is 5.89. The minimum atomic E-state index is -0.410. The van der Waals surface area contributed by atoms with Crippen molar-refractivity contribution in [3.05, 3.63) is 28.8 Å². The Balaban J connectivity index is 1.79. The van der Waals surface area contributed by atoms with Gasteiger partial charge in [-0.3, -0.25) is 10.1 Å². The molecule has 0 radical (unpaired) electrons. The van der Waals surface area contributed by atoms with Gasteiger partial charge in [-0.05, 0) is 38.0 Å². The molecule has 0 aliphatic carbocycles. The summed E-state index contributed by atoms with van der Waals surface area (Å²) >= 11 is 6.11. The van der Waals surface area contributed by atoms with Gasteiger partial charge in [0.15, 0.2) is 6.54 Å². The molecule has 0 saturated carbocycles. The number of benzene rings is 1. The second-order valence-corrected chi connectivity index (χ2v) is 7.11. The predicted molar refractivity (Wildman–Crippen MR) is 100 cm³/mol. The molecule has 7 heteroatoms. The van der Waals surface area contributed by atoms with Gasteiger partial charge in [-0.25, -0.2) is 4.79 Å². The molecule has 0 unspecified atom stereocenters. The summed E-state index contributed by atoms with van der Waals surface area (Å²) in [6.45, 7) is 9.72. The lowest BCUT2D eigenvalue weighted by Crippen LogP contribution is -3.16. The quantitative estimate of drug-likeness (QED) is 0.726. The molecule has 1 heterocycles. The van der Waals surface area contributed by atoms with Gasteiger partial charge < -0.3 is 15.1 Å². The van der Waals surface area contributed by atoms with Gasteiger partial charge in [-0.15, -0.1) is 0 Å². The molecule has 1 saturated heterocycles. The van der Waals surface area contributed by atoms with Crippen molar-refractivity contribution in [1.29, 1.82) is 0 Å². The normalized spacial score (nSPS) is 16.4. The van der Waals surface area contributed by atoms with Crippen molar-refractivity contribution in [1.82, 2.24) is 10.6 Å². The maximum atomic E-state index is 12.0. The Morgan fingerprint density at radius 2 is 2.00 bits per heavy atom. The fraction of sp³-hybridized carbons (Fsp3) is 0.556. The number of anilines is 1. The fourth-order valence-electron chi connectivity index (χ4n) is 2.92. The number of piperazine rings is 1. The first-order valence-corrected chi connectivity index (χ1v) is 9.21. The van der Waals surface area contributed by atoms with Gasteiger partial charge in [-0.1, -0.05) is 24.6 Å². The highest BCUT2D eigenvalue weighted by Gasteiger charge is 2.24. The van der Waals surface area contributed by atoms with E-state index >= 15 is 0 Å². The Bertz CT molecular complexity index is 615. The summed E-state index contributed by atoms with van der Waals surface area (Å²) in [6, 6.07) is 5.57. The van der Waals surface area contributed by atoms with Crippen LogP contribution in [0.1, 0.15) is 25.8 Å². The van der Waals surface area contributed by atoms with E-state index in [1.54, 1.807) is 0 Å². The molecule has 1 atom stereocenters. The monoisotopic (exact) mass is 367 g/mol. The zero-order chi connectivity index (χ0) is 18.4. The van der Waals surface area contributed by atoms with Gasteiger partial charge in [0.25, 0.3) is 5.91 Å². The van der Waals surface area contributed by atoms with Crippen molar-refractivity contribution in [3.63, 3.8) is 0 Å². The molecular formula is C18H28ClN4O2+. The van der Waals surface area contributed by atoms with Gasteiger partial charge >= 0.3 is 6.03 Å². The number of carbonyl (C=O) groups excluding carboxylic acids is 2. The Morgan fingerprint density at radius 1 is 1.32 bits per heavy atom. The highest BCUT2D eigenvalue weighted by atomic mass is 35.5. The molecule has 0 aromatic heterocycles. The van der Waals surface area contributed by atoms with E-state index in [1.165, 1.54) is 10.5 Å². The summed E-state index contributed by atoms with van der Waals surface area (Å²) in [6.07, 6.45) is 0.831. The maximum Gasteiger partial charge on any atom is 0.321 e. The number of imide groups is 1. The highest BCUT2D eigenvalue weighted by molar-refractivity contribution is 6.30. The summed E-state index contributed by atoms with van der Waals surface area (Å²) in [5.41, 5.74) is 2.36. The largest absolute Gasteiger partial charge is 0.360 e. The third-order valence-electron chi connectivity index (χ3n) is 4.64. The smallest absolute Gasteiger partial charge is 0.321 e. The van der Waals surface area contributed by atoms with Crippen molar-refractivity contribution in [2.45, 2.75) is 33.2 Å². The molecule has 3 amide bonds. The minimum Gasteiger partial charge on any atom is -0.360 e. The van der Waals surface area contributed by atoms with Crippen LogP contribution in [0.3, 0.4) is 0 Å². The Hall–Kier alpha value is -1.79. The highest BCUT2D eigenvalue weighted by Crippen LogP contribution is 2.24. The van der Waals surface area contributed by atoms with Crippen LogP contribution >= 0.6 is 11.6 Å². The van der Waals surface area contributed by atoms with Crippen LogP contribution in [-0.2, 0) is 4.79 Å². The molecule has 3 N–H and O–H groups in total. The lowest BCUT2D eigenvalue weighted by atomic mass is 10.1. The van der Waals surface area contributed by atoms with Gasteiger partial charge in [0.1, 0.15) is 0 Å². The van der Waals surface area contributed by atoms with Crippen LogP contribution in [-0.4, -0.2) is 50.7 Å². The second-order valence-electron chi connectivity index (χ2n) is 6.68. The molecule has 25 heavy (non-hydrogen) atoms. The van der Waals surface area contributed by atoms with E-state index in [9.17, 15) is 9.59 Å². The summed E-state index contributed by atoms with van der Waals surface area (Å²) in [7, 11) is 0. The van der Waals surface area contributed by atoms with Crippen LogP contribution in [0, 0.1) is 6.92 Å². The first-order chi connectivity index (χ1) is 11.9. The maximum absolute atomic E-state index is 12.0. The van der Waals surface area contributed by atoms with Crippen molar-refractivity contribution in [3.8, 4) is 0 Å². The van der Waals surface area contributed by atoms with E-state index in [4.69, 9.17) is 11.6 Å². The van der Waals surface area contributed by atoms with Crippen LogP contribution in [0.25, 0.3) is 0 Å². The number of hydrogen-bond acceptors (Lipinski definition) is 3. The minimum absolute atomic E-state index is 0.0598. The average Bonchev–Trinajstić information content (AvgIpc) is 2.57. The molecule has 0 bridgehead atoms. The SMILES string of the molecule is CC[C@H](C)NC(=O)NC(=O)C[NH+]1CCN(c2cc(Cl)ccc2C)CC1. The van der Waals surface area contributed by atoms with E-state index < -0.39 is 6.03 Å². The number of aryl methyl sites for hydroxylation is 1. The molecule has 138 valence electrons. The van der Waals surface area contributed by atoms with Gasteiger partial charge in [0.2, 0.25) is 0 Å². The van der Waals surface area contributed by atoms with Crippen LogP contribution in [0.4, 0.5) is 10.5 Å². The average molecular weight is 368 g/mol. The molecule has 1 fully saturated rings. The van der Waals surface area contributed by atoms with E-state index in [-0.39, 0.29) is 11.9 Å². The number of halogens is 1. The molecule has 1 aromatic carbocycles. The second kappa shape index (κ2) is 9.06. The first-order valence-electron chi connectivity index (χ1n) is 8.84. The molecule has 0 spiro atoms.